The number of hydrogen-bond acceptors (Lipinski definition) is 8. The molecule has 1 fully saturated rings. The van der Waals surface area contributed by atoms with E-state index in [1.54, 1.807) is 66.5 Å². The number of carbonyl (C=O) groups is 2. The van der Waals surface area contributed by atoms with Crippen molar-refractivity contribution in [2.75, 3.05) is 18.4 Å². The zero-order chi connectivity index (χ0) is 30.6. The van der Waals surface area contributed by atoms with Crippen LogP contribution in [0.1, 0.15) is 28.8 Å². The number of para-hydroxylation sites is 1. The van der Waals surface area contributed by atoms with Gasteiger partial charge in [0.2, 0.25) is 5.91 Å². The Balaban J connectivity index is 0.00000207. The molecule has 0 aliphatic carbocycles. The number of nitrogens with one attached hydrogen (secondary N) is 1. The van der Waals surface area contributed by atoms with Gasteiger partial charge in [-0.25, -0.2) is 13.5 Å². The number of carbonyl (C=O) groups excluding carboxylic acids is 1. The maximum Gasteiger partial charge on any atom is 0.337 e. The number of rotatable bonds is 10. The van der Waals surface area contributed by atoms with Gasteiger partial charge >= 0.3 is 5.97 Å². The summed E-state index contributed by atoms with van der Waals surface area (Å²) < 4.78 is 27.8. The molecule has 1 heterocycles. The quantitative estimate of drug-likeness (QED) is 0.182. The molecule has 43 heavy (non-hydrogen) atoms. The Morgan fingerprint density at radius 2 is 1.49 bits per heavy atom. The van der Waals surface area contributed by atoms with E-state index in [1.165, 1.54) is 12.1 Å². The summed E-state index contributed by atoms with van der Waals surface area (Å²) in [6.07, 6.45) is 1.99. The Hall–Kier alpha value is -4.74. The van der Waals surface area contributed by atoms with Crippen LogP contribution in [0.15, 0.2) is 102 Å². The number of hydrogen-bond donors (Lipinski definition) is 2. The van der Waals surface area contributed by atoms with Crippen molar-refractivity contribution >= 4 is 29.5 Å². The van der Waals surface area contributed by atoms with Gasteiger partial charge in [0, 0.05) is 27.9 Å². The van der Waals surface area contributed by atoms with Crippen molar-refractivity contribution in [3.05, 3.63) is 124 Å². The van der Waals surface area contributed by atoms with Crippen molar-refractivity contribution in [1.29, 1.82) is 0 Å². The normalized spacial score (nSPS) is 13.3. The van der Waals surface area contributed by atoms with E-state index in [9.17, 15) is 19.1 Å². The number of benzene rings is 4. The fraction of sp³-hybridized carbons (Fsp3) is 0.188. The Bertz CT molecular complexity index is 1510. The van der Waals surface area contributed by atoms with Gasteiger partial charge in [-0.15, -0.1) is 0 Å². The van der Waals surface area contributed by atoms with E-state index in [0.717, 1.165) is 42.1 Å². The predicted octanol–water partition coefficient (Wildman–Crippen LogP) is 7.11. The Kier molecular flexibility index (Phi) is 11.2. The van der Waals surface area contributed by atoms with E-state index < -0.39 is 5.97 Å². The molecule has 9 nitrogen and oxygen atoms in total. The average Bonchev–Trinajstić information content (AvgIpc) is 3.01. The van der Waals surface area contributed by atoms with Crippen molar-refractivity contribution in [3.8, 4) is 17.2 Å². The highest BCUT2D eigenvalue weighted by atomic mass is 32.2. The monoisotopic (exact) mass is 604 g/mol. The number of aromatic carboxylic acids is 1. The molecule has 0 atom stereocenters. The second kappa shape index (κ2) is 15.5. The predicted molar refractivity (Wildman–Crippen MR) is 163 cm³/mol. The van der Waals surface area contributed by atoms with Gasteiger partial charge in [0.05, 0.1) is 17.7 Å². The number of anilines is 1. The Morgan fingerprint density at radius 1 is 0.860 bits per heavy atom. The molecule has 1 aliphatic rings. The molecule has 0 saturated carbocycles. The number of amides is 1. The minimum atomic E-state index is -1.10. The zero-order valence-electron chi connectivity index (χ0n) is 23.0. The van der Waals surface area contributed by atoms with Gasteiger partial charge in [-0.1, -0.05) is 30.3 Å². The highest BCUT2D eigenvalue weighted by Crippen LogP contribution is 2.29. The molecule has 1 aliphatic heterocycles. The van der Waals surface area contributed by atoms with Crippen LogP contribution in [0.3, 0.4) is 0 Å². The van der Waals surface area contributed by atoms with E-state index in [1.807, 2.05) is 30.3 Å². The standard InChI is InChI=1S/C32H29FN2O5S.O2/c33-23-4-3-5-28(21-23)41-35-18-16-27(17-19-35)40-26-14-12-25(13-15-26)39-24-10-8-22(9-11-24)20-31(36)34-30-7-2-1-6-29(30)32(37)38;1-2/h1-15,21,27H,16-20H2,(H,34,36)(H,37,38);. The van der Waals surface area contributed by atoms with Gasteiger partial charge in [-0.2, -0.15) is 0 Å². The van der Waals surface area contributed by atoms with Gasteiger partial charge in [0.15, 0.2) is 0 Å². The summed E-state index contributed by atoms with van der Waals surface area (Å²) in [6, 6.07) is 27.6. The first-order chi connectivity index (χ1) is 20.9. The third kappa shape index (κ3) is 9.38. The van der Waals surface area contributed by atoms with Crippen LogP contribution >= 0.6 is 11.9 Å². The first-order valence-corrected chi connectivity index (χ1v) is 14.2. The summed E-state index contributed by atoms with van der Waals surface area (Å²) in [5.74, 6) is 0.441. The molecule has 0 spiro atoms. The zero-order valence-corrected chi connectivity index (χ0v) is 23.8. The minimum Gasteiger partial charge on any atom is -0.490 e. The number of carboxylic acid groups (broad SMARTS) is 1. The first kappa shape index (κ1) is 31.2. The maximum atomic E-state index is 13.4. The highest BCUT2D eigenvalue weighted by Gasteiger charge is 2.21. The fourth-order valence-electron chi connectivity index (χ4n) is 4.46. The van der Waals surface area contributed by atoms with E-state index in [4.69, 9.17) is 19.4 Å². The molecular formula is C32H29FN2O7S. The molecule has 4 aromatic rings. The minimum absolute atomic E-state index is 0.0446. The van der Waals surface area contributed by atoms with Crippen LogP contribution < -0.4 is 14.8 Å². The maximum absolute atomic E-state index is 13.4. The second-order valence-corrected chi connectivity index (χ2v) is 10.8. The summed E-state index contributed by atoms with van der Waals surface area (Å²) in [4.78, 5) is 38.7. The molecule has 0 bridgehead atoms. The largest absolute Gasteiger partial charge is 0.490 e. The molecule has 0 unspecified atom stereocenters. The lowest BCUT2D eigenvalue weighted by molar-refractivity contribution is -0.115. The van der Waals surface area contributed by atoms with Gasteiger partial charge in [-0.05, 0) is 97.1 Å². The van der Waals surface area contributed by atoms with E-state index in [0.29, 0.717) is 11.5 Å². The van der Waals surface area contributed by atoms with Crippen molar-refractivity contribution in [1.82, 2.24) is 4.31 Å². The van der Waals surface area contributed by atoms with Crippen LogP contribution in [0, 0.1) is 15.7 Å². The van der Waals surface area contributed by atoms with Gasteiger partial charge in [0.1, 0.15) is 29.2 Å². The fourth-order valence-corrected chi connectivity index (χ4v) is 5.46. The summed E-state index contributed by atoms with van der Waals surface area (Å²) in [6.45, 7) is 1.72. The third-order valence-corrected chi connectivity index (χ3v) is 7.60. The number of carboxylic acids is 1. The van der Waals surface area contributed by atoms with Crippen molar-refractivity contribution < 1.29 is 28.6 Å². The van der Waals surface area contributed by atoms with Crippen LogP contribution in [-0.2, 0) is 11.2 Å². The second-order valence-electron chi connectivity index (χ2n) is 9.59. The smallest absolute Gasteiger partial charge is 0.337 e. The molecule has 5 rings (SSSR count). The molecule has 0 aromatic heterocycles. The Morgan fingerprint density at radius 3 is 2.14 bits per heavy atom. The van der Waals surface area contributed by atoms with Crippen molar-refractivity contribution in [2.45, 2.75) is 30.3 Å². The van der Waals surface area contributed by atoms with Crippen LogP contribution in [0.4, 0.5) is 10.1 Å². The molecule has 4 aromatic carbocycles. The van der Waals surface area contributed by atoms with Crippen LogP contribution in [-0.4, -0.2) is 40.5 Å². The molecule has 1 amide bonds. The topological polar surface area (TPSA) is 122 Å². The lowest BCUT2D eigenvalue weighted by Gasteiger charge is -2.31. The van der Waals surface area contributed by atoms with Crippen LogP contribution in [0.25, 0.3) is 0 Å². The Labute approximate surface area is 252 Å². The van der Waals surface area contributed by atoms with E-state index in [2.05, 4.69) is 9.62 Å². The lowest BCUT2D eigenvalue weighted by Crippen LogP contribution is -2.34. The molecule has 222 valence electrons. The summed E-state index contributed by atoms with van der Waals surface area (Å²) in [7, 11) is 0. The number of halogens is 1. The van der Waals surface area contributed by atoms with Gasteiger partial charge in [-0.3, -0.25) is 4.79 Å². The van der Waals surface area contributed by atoms with Crippen LogP contribution in [0.5, 0.6) is 17.2 Å². The molecule has 1 saturated heterocycles. The number of ether oxygens (including phenoxy) is 2. The van der Waals surface area contributed by atoms with E-state index >= 15 is 0 Å². The van der Waals surface area contributed by atoms with Crippen LogP contribution in [0.2, 0.25) is 0 Å². The lowest BCUT2D eigenvalue weighted by atomic mass is 10.1. The number of nitrogens with zero attached hydrogens (tertiary/aromatic N) is 1. The number of piperidine rings is 1. The van der Waals surface area contributed by atoms with Gasteiger partial charge < -0.3 is 19.9 Å². The molecule has 0 radical (unpaired) electrons. The molecule has 11 heteroatoms. The van der Waals surface area contributed by atoms with E-state index in [-0.39, 0.29) is 35.5 Å². The highest BCUT2D eigenvalue weighted by molar-refractivity contribution is 7.97. The SMILES string of the molecule is O=C(Cc1ccc(Oc2ccc(OC3CCN(Sc4cccc(F)c4)CC3)cc2)cc1)Nc1ccccc1C(=O)O.O=O. The average molecular weight is 605 g/mol. The van der Waals surface area contributed by atoms with Crippen molar-refractivity contribution in [2.24, 2.45) is 0 Å². The summed E-state index contributed by atoms with van der Waals surface area (Å²) in [5, 5.41) is 11.9. The summed E-state index contributed by atoms with van der Waals surface area (Å²) >= 11 is 1.58. The van der Waals surface area contributed by atoms with Gasteiger partial charge in [0.25, 0.3) is 0 Å². The van der Waals surface area contributed by atoms with Crippen molar-refractivity contribution in [3.63, 3.8) is 0 Å². The third-order valence-electron chi connectivity index (χ3n) is 6.51. The first-order valence-electron chi connectivity index (χ1n) is 13.4. The molecular weight excluding hydrogens is 575 g/mol. The summed E-state index contributed by atoms with van der Waals surface area (Å²) in [5.41, 5.74) is 1.08. The molecule has 2 N–H and O–H groups in total.